The topological polar surface area (TPSA) is 97.4 Å². The van der Waals surface area contributed by atoms with E-state index in [0.717, 1.165) is 16.3 Å². The molecule has 0 bridgehead atoms. The fourth-order valence-electron chi connectivity index (χ4n) is 3.66. The highest BCUT2D eigenvalue weighted by molar-refractivity contribution is 7.80. The van der Waals surface area contributed by atoms with Crippen molar-refractivity contribution >= 4 is 41.3 Å². The molecule has 0 N–H and O–H groups in total. The molecule has 2 aromatic carbocycles. The van der Waals surface area contributed by atoms with Crippen molar-refractivity contribution in [3.05, 3.63) is 42.0 Å². The molecule has 1 aliphatic heterocycles. The van der Waals surface area contributed by atoms with Crippen LogP contribution in [0.2, 0.25) is 0 Å². The number of carbonyl (C=O) groups is 3. The fourth-order valence-corrected chi connectivity index (χ4v) is 4.05. The Balaban J connectivity index is 2.06. The van der Waals surface area contributed by atoms with Gasteiger partial charge in [0, 0.05) is 26.2 Å². The number of esters is 3. The predicted octanol–water partition coefficient (Wildman–Crippen LogP) is 2.98. The molecule has 1 saturated heterocycles. The van der Waals surface area contributed by atoms with Gasteiger partial charge in [-0.15, -0.1) is 12.6 Å². The predicted molar refractivity (Wildman–Crippen MR) is 118 cm³/mol. The Bertz CT molecular complexity index is 1010. The SMILES string of the molecule is CC(=O)OC[C@H]1O[C@@H](S)[C@H](OC(C)=O)[C@@H](Oc2c(C)ccc3ccccc23)[C@@H]1OC(C)=O. The van der Waals surface area contributed by atoms with Gasteiger partial charge in [-0.2, -0.15) is 0 Å². The van der Waals surface area contributed by atoms with Gasteiger partial charge >= 0.3 is 17.9 Å². The minimum Gasteiger partial charge on any atom is -0.481 e. The molecule has 0 aliphatic carbocycles. The van der Waals surface area contributed by atoms with Crippen molar-refractivity contribution in [2.24, 2.45) is 0 Å². The number of rotatable bonds is 6. The van der Waals surface area contributed by atoms with Gasteiger partial charge in [0.1, 0.15) is 23.9 Å². The van der Waals surface area contributed by atoms with E-state index >= 15 is 0 Å². The Hall–Kier alpha value is -2.78. The highest BCUT2D eigenvalue weighted by atomic mass is 32.1. The van der Waals surface area contributed by atoms with E-state index in [0.29, 0.717) is 5.75 Å². The molecular weight excluding hydrogens is 436 g/mol. The van der Waals surface area contributed by atoms with Crippen LogP contribution in [0.3, 0.4) is 0 Å². The summed E-state index contributed by atoms with van der Waals surface area (Å²) >= 11 is 4.43. The minimum atomic E-state index is -1.03. The molecule has 1 heterocycles. The Kier molecular flexibility index (Phi) is 7.63. The van der Waals surface area contributed by atoms with E-state index in [4.69, 9.17) is 23.7 Å². The first-order chi connectivity index (χ1) is 15.2. The zero-order chi connectivity index (χ0) is 23.4. The summed E-state index contributed by atoms with van der Waals surface area (Å²) < 4.78 is 28.3. The molecule has 2 aromatic rings. The zero-order valence-electron chi connectivity index (χ0n) is 18.3. The zero-order valence-corrected chi connectivity index (χ0v) is 19.2. The average Bonchev–Trinajstić information content (AvgIpc) is 2.72. The molecule has 5 atom stereocenters. The minimum absolute atomic E-state index is 0.189. The summed E-state index contributed by atoms with van der Waals surface area (Å²) in [6.07, 6.45) is -3.87. The molecule has 0 radical (unpaired) electrons. The van der Waals surface area contributed by atoms with Gasteiger partial charge in [0.2, 0.25) is 0 Å². The van der Waals surface area contributed by atoms with Gasteiger partial charge in [-0.1, -0.05) is 36.4 Å². The van der Waals surface area contributed by atoms with Crippen LogP contribution < -0.4 is 4.74 Å². The van der Waals surface area contributed by atoms with Gasteiger partial charge in [0.15, 0.2) is 18.3 Å². The summed E-state index contributed by atoms with van der Waals surface area (Å²) in [5, 5.41) is 1.79. The number of aryl methyl sites for hydroxylation is 1. The average molecular weight is 463 g/mol. The number of carbonyl (C=O) groups excluding carboxylic acids is 3. The fraction of sp³-hybridized carbons (Fsp3) is 0.435. The van der Waals surface area contributed by atoms with Gasteiger partial charge in [-0.3, -0.25) is 14.4 Å². The lowest BCUT2D eigenvalue weighted by molar-refractivity contribution is -0.224. The van der Waals surface area contributed by atoms with E-state index in [1.54, 1.807) is 0 Å². The van der Waals surface area contributed by atoms with Gasteiger partial charge < -0.3 is 23.7 Å². The van der Waals surface area contributed by atoms with Crippen LogP contribution in [0.15, 0.2) is 36.4 Å². The summed E-state index contributed by atoms with van der Waals surface area (Å²) in [5.74, 6) is -1.12. The van der Waals surface area contributed by atoms with Crippen LogP contribution in [0, 0.1) is 6.92 Å². The van der Waals surface area contributed by atoms with Gasteiger partial charge in [-0.05, 0) is 17.9 Å². The second kappa shape index (κ2) is 10.2. The molecule has 0 unspecified atom stereocenters. The lowest BCUT2D eigenvalue weighted by Crippen LogP contribution is -2.62. The molecule has 172 valence electrons. The first-order valence-corrected chi connectivity index (χ1v) is 10.7. The molecule has 1 fully saturated rings. The van der Waals surface area contributed by atoms with Gasteiger partial charge in [-0.25, -0.2) is 0 Å². The van der Waals surface area contributed by atoms with Crippen molar-refractivity contribution in [2.75, 3.05) is 6.61 Å². The highest BCUT2D eigenvalue weighted by Crippen LogP contribution is 2.36. The third kappa shape index (κ3) is 5.52. The summed E-state index contributed by atoms with van der Waals surface area (Å²) in [6.45, 7) is 5.46. The standard InChI is InChI=1S/C23H26O8S/c1-12-9-10-16-7-5-6-8-17(16)19(12)31-21-20(28-14(3)25)18(11-27-13(2)24)30-23(32)22(21)29-15(4)26/h5-10,18,20-23,32H,11H2,1-4H3/t18-,20-,21+,22-,23+/m1/s1. The molecule has 0 saturated carbocycles. The third-order valence-electron chi connectivity index (χ3n) is 4.99. The summed E-state index contributed by atoms with van der Waals surface area (Å²) in [7, 11) is 0. The number of ether oxygens (including phenoxy) is 5. The largest absolute Gasteiger partial charge is 0.481 e. The van der Waals surface area contributed by atoms with Gasteiger partial charge in [0.25, 0.3) is 0 Å². The Labute approximate surface area is 191 Å². The normalized spacial score (nSPS) is 25.1. The maximum absolute atomic E-state index is 11.9. The van der Waals surface area contributed by atoms with Crippen molar-refractivity contribution in [1.29, 1.82) is 0 Å². The van der Waals surface area contributed by atoms with Crippen LogP contribution in [0.25, 0.3) is 10.8 Å². The number of hydrogen-bond donors (Lipinski definition) is 1. The second-order valence-corrected chi connectivity index (χ2v) is 8.04. The number of thiol groups is 1. The van der Waals surface area contributed by atoms with E-state index in [2.05, 4.69) is 12.6 Å². The van der Waals surface area contributed by atoms with Crippen LogP contribution in [-0.4, -0.2) is 54.4 Å². The van der Waals surface area contributed by atoms with Crippen molar-refractivity contribution in [3.8, 4) is 5.75 Å². The first-order valence-electron chi connectivity index (χ1n) is 10.1. The van der Waals surface area contributed by atoms with E-state index in [-0.39, 0.29) is 6.61 Å². The molecule has 32 heavy (non-hydrogen) atoms. The van der Waals surface area contributed by atoms with Crippen LogP contribution in [0.5, 0.6) is 5.75 Å². The monoisotopic (exact) mass is 462 g/mol. The Morgan fingerprint density at radius 3 is 2.22 bits per heavy atom. The summed E-state index contributed by atoms with van der Waals surface area (Å²) in [4.78, 5) is 35.1. The second-order valence-electron chi connectivity index (χ2n) is 7.53. The van der Waals surface area contributed by atoms with Crippen molar-refractivity contribution in [1.82, 2.24) is 0 Å². The van der Waals surface area contributed by atoms with Crippen LogP contribution in [0.1, 0.15) is 26.3 Å². The number of fused-ring (bicyclic) bond motifs is 1. The maximum Gasteiger partial charge on any atom is 0.303 e. The molecular formula is C23H26O8S. The highest BCUT2D eigenvalue weighted by Gasteiger charge is 2.51. The van der Waals surface area contributed by atoms with Crippen molar-refractivity contribution in [3.63, 3.8) is 0 Å². The van der Waals surface area contributed by atoms with E-state index < -0.39 is 47.8 Å². The van der Waals surface area contributed by atoms with Crippen molar-refractivity contribution < 1.29 is 38.1 Å². The van der Waals surface area contributed by atoms with E-state index in [1.165, 1.54) is 20.8 Å². The van der Waals surface area contributed by atoms with E-state index in [9.17, 15) is 14.4 Å². The first kappa shape index (κ1) is 23.9. The van der Waals surface area contributed by atoms with Crippen LogP contribution in [0.4, 0.5) is 0 Å². The van der Waals surface area contributed by atoms with E-state index in [1.807, 2.05) is 43.3 Å². The maximum atomic E-state index is 11.9. The molecule has 9 heteroatoms. The summed E-state index contributed by atoms with van der Waals surface area (Å²) in [6, 6.07) is 11.5. The van der Waals surface area contributed by atoms with Crippen LogP contribution >= 0.6 is 12.6 Å². The Morgan fingerprint density at radius 1 is 0.906 bits per heavy atom. The lowest BCUT2D eigenvalue weighted by Gasteiger charge is -2.43. The quantitative estimate of drug-likeness (QED) is 0.398. The molecule has 0 spiro atoms. The smallest absolute Gasteiger partial charge is 0.303 e. The third-order valence-corrected chi connectivity index (χ3v) is 5.41. The molecule has 0 aromatic heterocycles. The molecule has 8 nitrogen and oxygen atoms in total. The number of hydrogen-bond acceptors (Lipinski definition) is 9. The van der Waals surface area contributed by atoms with Gasteiger partial charge in [0.05, 0.1) is 0 Å². The molecule has 3 rings (SSSR count). The molecule has 1 aliphatic rings. The Morgan fingerprint density at radius 2 is 1.56 bits per heavy atom. The van der Waals surface area contributed by atoms with Crippen LogP contribution in [-0.2, 0) is 33.3 Å². The number of benzene rings is 2. The lowest BCUT2D eigenvalue weighted by atomic mass is 9.98. The van der Waals surface area contributed by atoms with Crippen molar-refractivity contribution in [2.45, 2.75) is 57.5 Å². The molecule has 0 amide bonds. The summed E-state index contributed by atoms with van der Waals surface area (Å²) in [5.41, 5.74) is -0.0721.